The lowest BCUT2D eigenvalue weighted by Gasteiger charge is -2.05. The van der Waals surface area contributed by atoms with E-state index in [4.69, 9.17) is 0 Å². The van der Waals surface area contributed by atoms with Gasteiger partial charge >= 0.3 is 0 Å². The number of nitro benzene ring substituents is 1. The van der Waals surface area contributed by atoms with Crippen molar-refractivity contribution >= 4 is 17.4 Å². The van der Waals surface area contributed by atoms with E-state index in [0.717, 1.165) is 23.1 Å². The van der Waals surface area contributed by atoms with Gasteiger partial charge in [0.15, 0.2) is 11.0 Å². The van der Waals surface area contributed by atoms with Gasteiger partial charge in [0, 0.05) is 24.2 Å². The fourth-order valence-electron chi connectivity index (χ4n) is 1.67. The Labute approximate surface area is 108 Å². The molecule has 7 heteroatoms. The zero-order valence-corrected chi connectivity index (χ0v) is 10.8. The van der Waals surface area contributed by atoms with Crippen LogP contribution in [0.2, 0.25) is 0 Å². The van der Waals surface area contributed by atoms with Gasteiger partial charge in [0.2, 0.25) is 0 Å². The van der Waals surface area contributed by atoms with Gasteiger partial charge in [-0.05, 0) is 25.3 Å². The zero-order chi connectivity index (χ0) is 13.1. The predicted molar refractivity (Wildman–Crippen MR) is 69.6 cm³/mol. The molecular weight excluding hydrogens is 252 g/mol. The third-order valence-corrected chi connectivity index (χ3v) is 3.22. The molecule has 0 saturated carbocycles. The van der Waals surface area contributed by atoms with Gasteiger partial charge in [0.25, 0.3) is 5.69 Å². The average Bonchev–Trinajstić information content (AvgIpc) is 2.81. The molecule has 0 fully saturated rings. The van der Waals surface area contributed by atoms with Gasteiger partial charge in [-0.1, -0.05) is 11.8 Å². The molecule has 6 nitrogen and oxygen atoms in total. The average molecular weight is 264 g/mol. The van der Waals surface area contributed by atoms with Gasteiger partial charge in [0.05, 0.1) is 4.92 Å². The normalized spacial score (nSPS) is 10.6. The Balaban J connectivity index is 2.42. The predicted octanol–water partition coefficient (Wildman–Crippen LogP) is 2.60. The second-order valence-corrected chi connectivity index (χ2v) is 4.33. The molecule has 2 rings (SSSR count). The van der Waals surface area contributed by atoms with Crippen molar-refractivity contribution in [1.82, 2.24) is 14.8 Å². The Bertz CT molecular complexity index is 565. The summed E-state index contributed by atoms with van der Waals surface area (Å²) in [4.78, 5) is 10.2. The van der Waals surface area contributed by atoms with Crippen molar-refractivity contribution in [3.05, 3.63) is 34.4 Å². The minimum Gasteiger partial charge on any atom is -0.302 e. The van der Waals surface area contributed by atoms with Crippen LogP contribution in [0.25, 0.3) is 11.4 Å². The summed E-state index contributed by atoms with van der Waals surface area (Å²) in [6.07, 6.45) is 1.94. The molecule has 0 saturated heterocycles. The summed E-state index contributed by atoms with van der Waals surface area (Å²) in [6, 6.07) is 6.34. The van der Waals surface area contributed by atoms with Crippen LogP contribution in [0.3, 0.4) is 0 Å². The molecule has 0 unspecified atom stereocenters. The Kier molecular flexibility index (Phi) is 3.61. The SMILES string of the molecule is CCn1c(SC)nnc1-c1ccc([N+](=O)[O-])cc1. The molecule has 2 aromatic rings. The summed E-state index contributed by atoms with van der Waals surface area (Å²) in [6.45, 7) is 2.77. The molecule has 1 aromatic carbocycles. The maximum atomic E-state index is 10.6. The van der Waals surface area contributed by atoms with Crippen LogP contribution in [0.5, 0.6) is 0 Å². The first-order valence-corrected chi connectivity index (χ1v) is 6.62. The Morgan fingerprint density at radius 3 is 2.50 bits per heavy atom. The first-order chi connectivity index (χ1) is 8.67. The van der Waals surface area contributed by atoms with E-state index < -0.39 is 4.92 Å². The molecule has 94 valence electrons. The van der Waals surface area contributed by atoms with Crippen LogP contribution in [-0.4, -0.2) is 25.9 Å². The van der Waals surface area contributed by atoms with Crippen LogP contribution in [0, 0.1) is 10.1 Å². The molecule has 1 heterocycles. The van der Waals surface area contributed by atoms with E-state index in [-0.39, 0.29) is 5.69 Å². The van der Waals surface area contributed by atoms with Crippen LogP contribution in [0.1, 0.15) is 6.92 Å². The van der Waals surface area contributed by atoms with E-state index in [1.807, 2.05) is 17.7 Å². The molecular formula is C11H12N4O2S. The first-order valence-electron chi connectivity index (χ1n) is 5.39. The van der Waals surface area contributed by atoms with Crippen LogP contribution in [0.15, 0.2) is 29.4 Å². The Morgan fingerprint density at radius 2 is 2.00 bits per heavy atom. The maximum absolute atomic E-state index is 10.6. The van der Waals surface area contributed by atoms with E-state index in [1.165, 1.54) is 23.9 Å². The van der Waals surface area contributed by atoms with Gasteiger partial charge in [-0.3, -0.25) is 10.1 Å². The molecule has 0 aliphatic rings. The van der Waals surface area contributed by atoms with Crippen molar-refractivity contribution in [1.29, 1.82) is 0 Å². The second kappa shape index (κ2) is 5.18. The lowest BCUT2D eigenvalue weighted by molar-refractivity contribution is -0.384. The summed E-state index contributed by atoms with van der Waals surface area (Å²) in [5.74, 6) is 0.733. The number of hydrogen-bond acceptors (Lipinski definition) is 5. The molecule has 0 radical (unpaired) electrons. The standard InChI is InChI=1S/C11H12N4O2S/c1-3-14-10(12-13-11(14)18-2)8-4-6-9(7-5-8)15(16)17/h4-7H,3H2,1-2H3. The zero-order valence-electron chi connectivity index (χ0n) is 10.0. The van der Waals surface area contributed by atoms with Crippen molar-refractivity contribution in [2.24, 2.45) is 0 Å². The lowest BCUT2D eigenvalue weighted by Crippen LogP contribution is -1.99. The van der Waals surface area contributed by atoms with Crippen LogP contribution in [-0.2, 0) is 6.54 Å². The number of aromatic nitrogens is 3. The van der Waals surface area contributed by atoms with Gasteiger partial charge in [-0.25, -0.2) is 0 Å². The smallest absolute Gasteiger partial charge is 0.269 e. The molecule has 0 atom stereocenters. The van der Waals surface area contributed by atoms with Crippen molar-refractivity contribution in [2.45, 2.75) is 18.6 Å². The molecule has 0 N–H and O–H groups in total. The van der Waals surface area contributed by atoms with Gasteiger partial charge in [-0.2, -0.15) is 0 Å². The molecule has 0 bridgehead atoms. The van der Waals surface area contributed by atoms with Crippen LogP contribution < -0.4 is 0 Å². The van der Waals surface area contributed by atoms with Crippen molar-refractivity contribution < 1.29 is 4.92 Å². The molecule has 0 aliphatic carbocycles. The first kappa shape index (κ1) is 12.6. The van der Waals surface area contributed by atoms with Crippen molar-refractivity contribution in [3.63, 3.8) is 0 Å². The van der Waals surface area contributed by atoms with E-state index >= 15 is 0 Å². The highest BCUT2D eigenvalue weighted by molar-refractivity contribution is 7.98. The topological polar surface area (TPSA) is 73.8 Å². The van der Waals surface area contributed by atoms with Gasteiger partial charge in [0.1, 0.15) is 0 Å². The van der Waals surface area contributed by atoms with Crippen molar-refractivity contribution in [3.8, 4) is 11.4 Å². The third-order valence-electron chi connectivity index (χ3n) is 2.55. The van der Waals surface area contributed by atoms with E-state index in [9.17, 15) is 10.1 Å². The molecule has 0 aliphatic heterocycles. The minimum atomic E-state index is -0.415. The largest absolute Gasteiger partial charge is 0.302 e. The number of nitrogens with zero attached hydrogens (tertiary/aromatic N) is 4. The minimum absolute atomic E-state index is 0.0754. The number of hydrogen-bond donors (Lipinski definition) is 0. The second-order valence-electron chi connectivity index (χ2n) is 3.56. The molecule has 0 spiro atoms. The molecule has 1 aromatic heterocycles. The molecule has 18 heavy (non-hydrogen) atoms. The number of nitro groups is 1. The summed E-state index contributed by atoms with van der Waals surface area (Å²) in [7, 11) is 0. The highest BCUT2D eigenvalue weighted by Crippen LogP contribution is 2.24. The van der Waals surface area contributed by atoms with E-state index in [1.54, 1.807) is 12.1 Å². The van der Waals surface area contributed by atoms with Gasteiger partial charge < -0.3 is 4.57 Å². The monoisotopic (exact) mass is 264 g/mol. The van der Waals surface area contributed by atoms with Crippen LogP contribution >= 0.6 is 11.8 Å². The maximum Gasteiger partial charge on any atom is 0.269 e. The number of benzene rings is 1. The van der Waals surface area contributed by atoms with E-state index in [0.29, 0.717) is 0 Å². The number of rotatable bonds is 4. The Morgan fingerprint density at radius 1 is 1.33 bits per heavy atom. The summed E-state index contributed by atoms with van der Waals surface area (Å²) in [5.41, 5.74) is 0.904. The Hall–Kier alpha value is -1.89. The highest BCUT2D eigenvalue weighted by Gasteiger charge is 2.13. The van der Waals surface area contributed by atoms with Gasteiger partial charge in [-0.15, -0.1) is 10.2 Å². The fourth-order valence-corrected chi connectivity index (χ4v) is 2.23. The number of non-ortho nitro benzene ring substituents is 1. The quantitative estimate of drug-likeness (QED) is 0.482. The van der Waals surface area contributed by atoms with Crippen LogP contribution in [0.4, 0.5) is 5.69 Å². The summed E-state index contributed by atoms with van der Waals surface area (Å²) < 4.78 is 1.98. The number of thioether (sulfide) groups is 1. The third kappa shape index (κ3) is 2.21. The van der Waals surface area contributed by atoms with Crippen molar-refractivity contribution in [2.75, 3.05) is 6.26 Å². The summed E-state index contributed by atoms with van der Waals surface area (Å²) >= 11 is 1.52. The summed E-state index contributed by atoms with van der Waals surface area (Å²) in [5, 5.41) is 19.6. The highest BCUT2D eigenvalue weighted by atomic mass is 32.2. The fraction of sp³-hybridized carbons (Fsp3) is 0.273. The van der Waals surface area contributed by atoms with E-state index in [2.05, 4.69) is 10.2 Å². The molecule has 0 amide bonds. The lowest BCUT2D eigenvalue weighted by atomic mass is 10.2.